The molecule has 116 valence electrons. The Morgan fingerprint density at radius 1 is 1.23 bits per heavy atom. The Morgan fingerprint density at radius 2 is 1.91 bits per heavy atom. The zero-order valence-electron chi connectivity index (χ0n) is 13.0. The lowest BCUT2D eigenvalue weighted by molar-refractivity contribution is 0.0351. The van der Waals surface area contributed by atoms with E-state index in [4.69, 9.17) is 10.5 Å². The number of hydrazine groups is 1. The van der Waals surface area contributed by atoms with Gasteiger partial charge in [0.25, 0.3) is 0 Å². The number of nitrogens with zero attached hydrogens (tertiary/aromatic N) is 2. The van der Waals surface area contributed by atoms with Crippen molar-refractivity contribution in [3.05, 3.63) is 41.3 Å². The van der Waals surface area contributed by atoms with Crippen LogP contribution < -0.4 is 21.5 Å². The highest BCUT2D eigenvalue weighted by Crippen LogP contribution is 2.42. The predicted octanol–water partition coefficient (Wildman–Crippen LogP) is 0.999. The van der Waals surface area contributed by atoms with Crippen molar-refractivity contribution in [1.82, 2.24) is 10.9 Å². The van der Waals surface area contributed by atoms with Crippen LogP contribution in [0.15, 0.2) is 35.7 Å². The molecule has 0 saturated carbocycles. The van der Waals surface area contributed by atoms with Crippen molar-refractivity contribution in [3.8, 4) is 6.07 Å². The van der Waals surface area contributed by atoms with E-state index in [-0.39, 0.29) is 30.0 Å². The molecule has 1 aromatic rings. The lowest BCUT2D eigenvalue weighted by atomic mass is 9.76. The fraction of sp³-hybridized carbons (Fsp3) is 0.438. The van der Waals surface area contributed by atoms with E-state index in [1.165, 1.54) is 0 Å². The standard InChI is InChI=1S/C16H21N5O/c1-9-13-14(10-4-6-11(7-5-10)21(2)3)12(8-17)15(18)22-16(13)20-19-9/h4-7,9,13-14,16,19-20H,18H2,1-3H3. The SMILES string of the molecule is CC1NNC2OC(N)=C(C#N)C(c3ccc(N(C)C)cc3)C12. The molecule has 2 heterocycles. The molecule has 1 saturated heterocycles. The van der Waals surface area contributed by atoms with E-state index < -0.39 is 0 Å². The second kappa shape index (κ2) is 5.52. The highest BCUT2D eigenvalue weighted by atomic mass is 16.5. The van der Waals surface area contributed by atoms with Crippen LogP contribution in [0.3, 0.4) is 0 Å². The van der Waals surface area contributed by atoms with Crippen LogP contribution >= 0.6 is 0 Å². The van der Waals surface area contributed by atoms with Crippen molar-refractivity contribution in [2.75, 3.05) is 19.0 Å². The van der Waals surface area contributed by atoms with Crippen molar-refractivity contribution in [1.29, 1.82) is 5.26 Å². The van der Waals surface area contributed by atoms with Crippen LogP contribution in [0.1, 0.15) is 18.4 Å². The minimum Gasteiger partial charge on any atom is -0.458 e. The van der Waals surface area contributed by atoms with Gasteiger partial charge in [-0.15, -0.1) is 0 Å². The second-order valence-electron chi connectivity index (χ2n) is 6.05. The summed E-state index contributed by atoms with van der Waals surface area (Å²) in [6.45, 7) is 2.08. The molecule has 0 aromatic heterocycles. The van der Waals surface area contributed by atoms with Crippen LogP contribution in [-0.2, 0) is 4.74 Å². The minimum atomic E-state index is -0.217. The molecule has 3 rings (SSSR count). The van der Waals surface area contributed by atoms with E-state index in [1.54, 1.807) is 0 Å². The molecular weight excluding hydrogens is 278 g/mol. The van der Waals surface area contributed by atoms with E-state index in [0.29, 0.717) is 5.57 Å². The molecule has 0 bridgehead atoms. The van der Waals surface area contributed by atoms with E-state index in [0.717, 1.165) is 11.3 Å². The molecule has 4 atom stereocenters. The van der Waals surface area contributed by atoms with Gasteiger partial charge >= 0.3 is 0 Å². The molecule has 4 unspecified atom stereocenters. The summed E-state index contributed by atoms with van der Waals surface area (Å²) >= 11 is 0. The van der Waals surface area contributed by atoms with Gasteiger partial charge in [0.1, 0.15) is 6.07 Å². The van der Waals surface area contributed by atoms with Crippen LogP contribution in [0.5, 0.6) is 0 Å². The molecule has 0 spiro atoms. The summed E-state index contributed by atoms with van der Waals surface area (Å²) in [7, 11) is 4.01. The molecule has 2 aliphatic rings. The van der Waals surface area contributed by atoms with Gasteiger partial charge in [0, 0.05) is 37.7 Å². The third kappa shape index (κ3) is 2.28. The fourth-order valence-electron chi connectivity index (χ4n) is 3.28. The van der Waals surface area contributed by atoms with Gasteiger partial charge in [-0.1, -0.05) is 12.1 Å². The average molecular weight is 299 g/mol. The number of allylic oxidation sites excluding steroid dienone is 1. The first-order valence-electron chi connectivity index (χ1n) is 7.37. The number of hydrogen-bond acceptors (Lipinski definition) is 6. The highest BCUT2D eigenvalue weighted by Gasteiger charge is 2.46. The van der Waals surface area contributed by atoms with Crippen molar-refractivity contribution in [2.45, 2.75) is 25.1 Å². The summed E-state index contributed by atoms with van der Waals surface area (Å²) in [4.78, 5) is 2.05. The van der Waals surface area contributed by atoms with Gasteiger partial charge in [-0.2, -0.15) is 5.26 Å². The van der Waals surface area contributed by atoms with Crippen molar-refractivity contribution >= 4 is 5.69 Å². The summed E-state index contributed by atoms with van der Waals surface area (Å²) in [5.41, 5.74) is 15.0. The Hall–Kier alpha value is -2.23. The summed E-state index contributed by atoms with van der Waals surface area (Å²) < 4.78 is 5.65. The highest BCUT2D eigenvalue weighted by molar-refractivity contribution is 5.49. The zero-order valence-corrected chi connectivity index (χ0v) is 13.0. The van der Waals surface area contributed by atoms with E-state index in [9.17, 15) is 5.26 Å². The maximum atomic E-state index is 9.53. The number of rotatable bonds is 2. The van der Waals surface area contributed by atoms with Crippen LogP contribution in [-0.4, -0.2) is 26.4 Å². The molecule has 6 nitrogen and oxygen atoms in total. The lowest BCUT2D eigenvalue weighted by Crippen LogP contribution is -2.41. The number of hydrogen-bond donors (Lipinski definition) is 3. The van der Waals surface area contributed by atoms with Crippen molar-refractivity contribution in [2.24, 2.45) is 11.7 Å². The molecule has 1 fully saturated rings. The van der Waals surface area contributed by atoms with E-state index in [1.807, 2.05) is 19.0 Å². The smallest absolute Gasteiger partial charge is 0.200 e. The number of nitrogens with one attached hydrogen (secondary N) is 2. The van der Waals surface area contributed by atoms with Crippen molar-refractivity contribution in [3.63, 3.8) is 0 Å². The van der Waals surface area contributed by atoms with Crippen LogP contribution in [0.25, 0.3) is 0 Å². The largest absolute Gasteiger partial charge is 0.458 e. The first-order valence-corrected chi connectivity index (χ1v) is 7.37. The second-order valence-corrected chi connectivity index (χ2v) is 6.05. The maximum Gasteiger partial charge on any atom is 0.200 e. The fourth-order valence-corrected chi connectivity index (χ4v) is 3.28. The number of ether oxygens (including phenoxy) is 1. The first kappa shape index (κ1) is 14.7. The Morgan fingerprint density at radius 3 is 2.50 bits per heavy atom. The molecule has 6 heteroatoms. The Balaban J connectivity index is 2.04. The number of fused-ring (bicyclic) bond motifs is 1. The Labute approximate surface area is 130 Å². The van der Waals surface area contributed by atoms with E-state index >= 15 is 0 Å². The summed E-state index contributed by atoms with van der Waals surface area (Å²) in [6, 6.07) is 10.7. The molecule has 0 aliphatic carbocycles. The number of nitriles is 1. The van der Waals surface area contributed by atoms with Crippen LogP contribution in [0, 0.1) is 17.2 Å². The third-order valence-corrected chi connectivity index (χ3v) is 4.48. The summed E-state index contributed by atoms with van der Waals surface area (Å²) in [5, 5.41) is 9.53. The van der Waals surface area contributed by atoms with Gasteiger partial charge in [-0.05, 0) is 24.6 Å². The van der Waals surface area contributed by atoms with Gasteiger partial charge in [0.05, 0.1) is 5.57 Å². The molecule has 22 heavy (non-hydrogen) atoms. The lowest BCUT2D eigenvalue weighted by Gasteiger charge is -2.35. The van der Waals surface area contributed by atoms with Gasteiger partial charge < -0.3 is 15.4 Å². The van der Waals surface area contributed by atoms with Crippen LogP contribution in [0.2, 0.25) is 0 Å². The van der Waals surface area contributed by atoms with Crippen molar-refractivity contribution < 1.29 is 4.74 Å². The minimum absolute atomic E-state index is 0.0718. The zero-order chi connectivity index (χ0) is 15.9. The van der Waals surface area contributed by atoms with Crippen LogP contribution in [0.4, 0.5) is 5.69 Å². The Bertz CT molecular complexity index is 631. The molecule has 1 aromatic carbocycles. The molecule has 0 amide bonds. The van der Waals surface area contributed by atoms with Gasteiger partial charge in [0.15, 0.2) is 6.23 Å². The van der Waals surface area contributed by atoms with E-state index in [2.05, 4.69) is 48.1 Å². The first-order chi connectivity index (χ1) is 10.5. The number of anilines is 1. The van der Waals surface area contributed by atoms with Gasteiger partial charge in [-0.25, -0.2) is 5.43 Å². The van der Waals surface area contributed by atoms with Gasteiger partial charge in [0.2, 0.25) is 5.88 Å². The molecule has 2 aliphatic heterocycles. The monoisotopic (exact) mass is 299 g/mol. The summed E-state index contributed by atoms with van der Waals surface area (Å²) in [5.74, 6) is 0.262. The molecular formula is C16H21N5O. The molecule has 0 radical (unpaired) electrons. The molecule has 4 N–H and O–H groups in total. The number of benzene rings is 1. The maximum absolute atomic E-state index is 9.53. The predicted molar refractivity (Wildman–Crippen MR) is 84.4 cm³/mol. The van der Waals surface area contributed by atoms with Gasteiger partial charge in [-0.3, -0.25) is 5.43 Å². The average Bonchev–Trinajstić information content (AvgIpc) is 2.87. The summed E-state index contributed by atoms with van der Waals surface area (Å²) in [6.07, 6.45) is -0.217. The third-order valence-electron chi connectivity index (χ3n) is 4.48. The topological polar surface area (TPSA) is 86.3 Å². The normalized spacial score (nSPS) is 30.5. The Kier molecular flexibility index (Phi) is 3.69. The quantitative estimate of drug-likeness (QED) is 0.755. The number of nitrogens with two attached hydrogens (primary N) is 1.